The summed E-state index contributed by atoms with van der Waals surface area (Å²) in [5.74, 6) is -0.982. The zero-order valence-electron chi connectivity index (χ0n) is 13.2. The molecule has 24 heavy (non-hydrogen) atoms. The summed E-state index contributed by atoms with van der Waals surface area (Å²) in [6.45, 7) is 4.00. The van der Waals surface area contributed by atoms with Crippen molar-refractivity contribution in [1.29, 1.82) is 0 Å². The first-order chi connectivity index (χ1) is 11.4. The first-order valence-electron chi connectivity index (χ1n) is 7.27. The smallest absolute Gasteiger partial charge is 0.341 e. The summed E-state index contributed by atoms with van der Waals surface area (Å²) >= 11 is 0. The van der Waals surface area contributed by atoms with Gasteiger partial charge in [0.2, 0.25) is 11.3 Å². The molecule has 0 bridgehead atoms. The van der Waals surface area contributed by atoms with Crippen LogP contribution in [0.15, 0.2) is 45.9 Å². The normalized spacial score (nSPS) is 10.8. The van der Waals surface area contributed by atoms with Crippen LogP contribution in [0.3, 0.4) is 0 Å². The van der Waals surface area contributed by atoms with Gasteiger partial charge in [0.1, 0.15) is 11.1 Å². The van der Waals surface area contributed by atoms with E-state index in [-0.39, 0.29) is 17.0 Å². The van der Waals surface area contributed by atoms with Gasteiger partial charge in [0.25, 0.3) is 5.89 Å². The van der Waals surface area contributed by atoms with Crippen molar-refractivity contribution in [2.45, 2.75) is 20.4 Å². The Labute approximate surface area is 137 Å². The second kappa shape index (κ2) is 6.11. The molecule has 2 heterocycles. The molecule has 0 unspecified atom stereocenters. The maximum absolute atomic E-state index is 12.3. The van der Waals surface area contributed by atoms with E-state index in [1.54, 1.807) is 11.5 Å². The van der Waals surface area contributed by atoms with Crippen molar-refractivity contribution in [2.75, 3.05) is 0 Å². The van der Waals surface area contributed by atoms with Crippen molar-refractivity contribution in [2.24, 2.45) is 0 Å². The summed E-state index contributed by atoms with van der Waals surface area (Å²) in [5.41, 5.74) is 1.20. The minimum absolute atomic E-state index is 0.0123. The highest BCUT2D eigenvalue weighted by Gasteiger charge is 2.18. The highest BCUT2D eigenvalue weighted by molar-refractivity contribution is 5.88. The number of hydrogen-bond acceptors (Lipinski definition) is 5. The largest absolute Gasteiger partial charge is 0.477 e. The molecule has 7 heteroatoms. The predicted octanol–water partition coefficient (Wildman–Crippen LogP) is 2.26. The van der Waals surface area contributed by atoms with Gasteiger partial charge in [0.15, 0.2) is 0 Å². The minimum Gasteiger partial charge on any atom is -0.477 e. The van der Waals surface area contributed by atoms with E-state index < -0.39 is 11.4 Å². The third kappa shape index (κ3) is 3.10. The molecule has 7 nitrogen and oxygen atoms in total. The standard InChI is InChI=1S/C17H15N3O4/c1-10-3-5-12(6-4-10)7-20-8-13(16-19-18-11(2)24-16)15(21)14(9-20)17(22)23/h3-6,8-9H,7H2,1-2H3,(H,22,23). The highest BCUT2D eigenvalue weighted by Crippen LogP contribution is 2.15. The van der Waals surface area contributed by atoms with E-state index in [1.165, 1.54) is 12.4 Å². The van der Waals surface area contributed by atoms with Crippen LogP contribution in [0.2, 0.25) is 0 Å². The van der Waals surface area contributed by atoms with Crippen LogP contribution in [-0.4, -0.2) is 25.8 Å². The van der Waals surface area contributed by atoms with Crippen molar-refractivity contribution in [1.82, 2.24) is 14.8 Å². The van der Waals surface area contributed by atoms with Gasteiger partial charge in [-0.2, -0.15) is 0 Å². The number of rotatable bonds is 4. The summed E-state index contributed by atoms with van der Waals surface area (Å²) < 4.78 is 6.91. The molecule has 0 radical (unpaired) electrons. The lowest BCUT2D eigenvalue weighted by atomic mass is 10.1. The Morgan fingerprint density at radius 1 is 1.17 bits per heavy atom. The Hall–Kier alpha value is -3.22. The lowest BCUT2D eigenvalue weighted by Crippen LogP contribution is -2.20. The second-order valence-corrected chi connectivity index (χ2v) is 5.50. The van der Waals surface area contributed by atoms with Gasteiger partial charge in [0, 0.05) is 25.9 Å². The molecule has 0 aliphatic carbocycles. The molecule has 0 aliphatic rings. The molecular weight excluding hydrogens is 310 g/mol. The summed E-state index contributed by atoms with van der Waals surface area (Å²) in [6.07, 6.45) is 2.85. The number of hydrogen-bond donors (Lipinski definition) is 1. The van der Waals surface area contributed by atoms with Crippen molar-refractivity contribution in [3.8, 4) is 11.5 Å². The number of aromatic carboxylic acids is 1. The predicted molar refractivity (Wildman–Crippen MR) is 86.0 cm³/mol. The zero-order valence-corrected chi connectivity index (χ0v) is 13.2. The third-order valence-electron chi connectivity index (χ3n) is 3.55. The molecule has 2 aromatic heterocycles. The third-order valence-corrected chi connectivity index (χ3v) is 3.55. The van der Waals surface area contributed by atoms with Crippen molar-refractivity contribution >= 4 is 5.97 Å². The number of nitrogens with zero attached hydrogens (tertiary/aromatic N) is 3. The van der Waals surface area contributed by atoms with Gasteiger partial charge in [-0.3, -0.25) is 4.79 Å². The van der Waals surface area contributed by atoms with Gasteiger partial charge in [-0.25, -0.2) is 4.79 Å². The van der Waals surface area contributed by atoms with E-state index in [1.807, 2.05) is 31.2 Å². The zero-order chi connectivity index (χ0) is 17.3. The molecule has 3 rings (SSSR count). The van der Waals surface area contributed by atoms with Crippen LogP contribution in [0.1, 0.15) is 27.4 Å². The number of carboxylic acid groups (broad SMARTS) is 1. The summed E-state index contributed by atoms with van der Waals surface area (Å²) in [4.78, 5) is 23.7. The minimum atomic E-state index is -1.30. The molecule has 0 atom stereocenters. The molecule has 0 saturated carbocycles. The Morgan fingerprint density at radius 2 is 1.88 bits per heavy atom. The maximum Gasteiger partial charge on any atom is 0.341 e. The van der Waals surface area contributed by atoms with E-state index in [0.717, 1.165) is 11.1 Å². The summed E-state index contributed by atoms with van der Waals surface area (Å²) in [7, 11) is 0. The molecule has 1 N–H and O–H groups in total. The number of aromatic nitrogens is 3. The highest BCUT2D eigenvalue weighted by atomic mass is 16.4. The van der Waals surface area contributed by atoms with Crippen LogP contribution in [0.25, 0.3) is 11.5 Å². The first-order valence-corrected chi connectivity index (χ1v) is 7.27. The fourth-order valence-corrected chi connectivity index (χ4v) is 2.34. The van der Waals surface area contributed by atoms with E-state index in [0.29, 0.717) is 12.4 Å². The summed E-state index contributed by atoms with van der Waals surface area (Å²) in [5, 5.41) is 16.8. The SMILES string of the molecule is Cc1ccc(Cn2cc(C(=O)O)c(=O)c(-c3nnc(C)o3)c2)cc1. The molecule has 122 valence electrons. The van der Waals surface area contributed by atoms with Crippen LogP contribution < -0.4 is 5.43 Å². The molecule has 0 spiro atoms. The van der Waals surface area contributed by atoms with E-state index in [2.05, 4.69) is 10.2 Å². The van der Waals surface area contributed by atoms with Gasteiger partial charge in [-0.05, 0) is 12.5 Å². The van der Waals surface area contributed by atoms with E-state index >= 15 is 0 Å². The lowest BCUT2D eigenvalue weighted by molar-refractivity contribution is 0.0694. The Kier molecular flexibility index (Phi) is 3.99. The van der Waals surface area contributed by atoms with Gasteiger partial charge in [-0.1, -0.05) is 29.8 Å². The second-order valence-electron chi connectivity index (χ2n) is 5.50. The maximum atomic E-state index is 12.3. The average molecular weight is 325 g/mol. The summed E-state index contributed by atoms with van der Waals surface area (Å²) in [6, 6.07) is 7.84. The van der Waals surface area contributed by atoms with Crippen molar-refractivity contribution in [3.05, 3.63) is 69.5 Å². The fourth-order valence-electron chi connectivity index (χ4n) is 2.34. The van der Waals surface area contributed by atoms with Crippen LogP contribution in [0.5, 0.6) is 0 Å². The van der Waals surface area contributed by atoms with Gasteiger partial charge in [0.05, 0.1) is 0 Å². The van der Waals surface area contributed by atoms with Crippen LogP contribution >= 0.6 is 0 Å². The Morgan fingerprint density at radius 3 is 2.46 bits per heavy atom. The van der Waals surface area contributed by atoms with Gasteiger partial charge in [-0.15, -0.1) is 10.2 Å². The molecule has 0 amide bonds. The number of carbonyl (C=O) groups is 1. The quantitative estimate of drug-likeness (QED) is 0.790. The Bertz CT molecular complexity index is 955. The first kappa shape index (κ1) is 15.7. The topological polar surface area (TPSA) is 98.2 Å². The molecule has 0 saturated heterocycles. The van der Waals surface area contributed by atoms with Crippen molar-refractivity contribution < 1.29 is 14.3 Å². The monoisotopic (exact) mass is 325 g/mol. The van der Waals surface area contributed by atoms with Crippen LogP contribution in [-0.2, 0) is 6.54 Å². The van der Waals surface area contributed by atoms with Crippen molar-refractivity contribution in [3.63, 3.8) is 0 Å². The number of benzene rings is 1. The van der Waals surface area contributed by atoms with E-state index in [4.69, 9.17) is 4.42 Å². The average Bonchev–Trinajstić information content (AvgIpc) is 2.97. The lowest BCUT2D eigenvalue weighted by Gasteiger charge is -2.10. The van der Waals surface area contributed by atoms with Gasteiger partial charge < -0.3 is 14.1 Å². The Balaban J connectivity index is 2.09. The fraction of sp³-hybridized carbons (Fsp3) is 0.176. The number of pyridine rings is 1. The number of carboxylic acids is 1. The molecular formula is C17H15N3O4. The van der Waals surface area contributed by atoms with Gasteiger partial charge >= 0.3 is 5.97 Å². The molecule has 0 fully saturated rings. The number of aryl methyl sites for hydroxylation is 2. The van der Waals surface area contributed by atoms with Crippen LogP contribution in [0.4, 0.5) is 0 Å². The van der Waals surface area contributed by atoms with E-state index in [9.17, 15) is 14.7 Å². The molecule has 1 aromatic carbocycles. The van der Waals surface area contributed by atoms with Crippen LogP contribution in [0, 0.1) is 13.8 Å². The molecule has 3 aromatic rings. The molecule has 0 aliphatic heterocycles.